The molecule has 1 aliphatic rings. The lowest BCUT2D eigenvalue weighted by Gasteiger charge is -2.20. The Morgan fingerprint density at radius 3 is 2.55 bits per heavy atom. The molecule has 1 aromatic carbocycles. The van der Waals surface area contributed by atoms with Gasteiger partial charge in [0.2, 0.25) is 17.5 Å². The van der Waals surface area contributed by atoms with E-state index in [0.717, 1.165) is 0 Å². The number of aromatic nitrogens is 2. The van der Waals surface area contributed by atoms with Crippen LogP contribution in [0.4, 0.5) is 5.69 Å². The maximum absolute atomic E-state index is 12.4. The molecule has 0 fully saturated rings. The molecule has 0 spiro atoms. The van der Waals surface area contributed by atoms with Gasteiger partial charge in [-0.2, -0.15) is 0 Å². The molecule has 0 radical (unpaired) electrons. The fourth-order valence-electron chi connectivity index (χ4n) is 2.11. The van der Waals surface area contributed by atoms with Crippen LogP contribution >= 0.6 is 0 Å². The van der Waals surface area contributed by atoms with Crippen LogP contribution in [-0.2, 0) is 4.79 Å². The number of carbonyl (C=O) groups excluding carboxylic acids is 3. The van der Waals surface area contributed by atoms with Gasteiger partial charge in [0, 0.05) is 6.92 Å². The summed E-state index contributed by atoms with van der Waals surface area (Å²) in [6, 6.07) is 7.42. The second-order valence-corrected chi connectivity index (χ2v) is 4.62. The van der Waals surface area contributed by atoms with Crippen LogP contribution in [0.5, 0.6) is 0 Å². The second kappa shape index (κ2) is 5.32. The third kappa shape index (κ3) is 2.30. The van der Waals surface area contributed by atoms with Gasteiger partial charge in [-0.1, -0.05) is 18.2 Å². The lowest BCUT2D eigenvalue weighted by Crippen LogP contribution is -2.52. The lowest BCUT2D eigenvalue weighted by atomic mass is 9.91. The van der Waals surface area contributed by atoms with Gasteiger partial charge in [-0.15, -0.1) is 0 Å². The first kappa shape index (κ1) is 13.8. The van der Waals surface area contributed by atoms with Gasteiger partial charge in [0.05, 0.1) is 5.69 Å². The molecule has 0 bridgehead atoms. The molecule has 0 saturated carbocycles. The number of ketones is 2. The minimum absolute atomic E-state index is 0.116. The van der Waals surface area contributed by atoms with Gasteiger partial charge in [-0.25, -0.2) is 9.62 Å². The van der Waals surface area contributed by atoms with Crippen molar-refractivity contribution < 1.29 is 19.0 Å². The third-order valence-corrected chi connectivity index (χ3v) is 3.06. The number of aliphatic imine (C=N–C) groups is 1. The van der Waals surface area contributed by atoms with E-state index in [1.165, 1.54) is 6.92 Å². The van der Waals surface area contributed by atoms with E-state index >= 15 is 0 Å². The molecule has 1 aromatic heterocycles. The van der Waals surface area contributed by atoms with Crippen molar-refractivity contribution in [2.24, 2.45) is 4.99 Å². The van der Waals surface area contributed by atoms with Crippen molar-refractivity contribution in [1.82, 2.24) is 15.6 Å². The molecule has 1 aliphatic carbocycles. The molecule has 1 atom stereocenters. The predicted octanol–water partition coefficient (Wildman–Crippen LogP) is 0.726. The zero-order valence-corrected chi connectivity index (χ0v) is 11.4. The molecule has 1 heterocycles. The Morgan fingerprint density at radius 1 is 1.18 bits per heavy atom. The van der Waals surface area contributed by atoms with Gasteiger partial charge in [-0.3, -0.25) is 14.4 Å². The van der Waals surface area contributed by atoms with E-state index < -0.39 is 23.5 Å². The van der Waals surface area contributed by atoms with E-state index in [1.54, 1.807) is 30.3 Å². The van der Waals surface area contributed by atoms with Crippen molar-refractivity contribution >= 4 is 28.9 Å². The molecule has 8 nitrogen and oxygen atoms in total. The summed E-state index contributed by atoms with van der Waals surface area (Å²) in [5.41, 5.74) is -0.0273. The van der Waals surface area contributed by atoms with Crippen LogP contribution in [0.25, 0.3) is 0 Å². The van der Waals surface area contributed by atoms with Crippen molar-refractivity contribution in [3.05, 3.63) is 41.7 Å². The molecular formula is C14H10N4O4. The number of carbonyl (C=O) groups is 3. The van der Waals surface area contributed by atoms with Crippen molar-refractivity contribution in [1.29, 1.82) is 0 Å². The fourth-order valence-corrected chi connectivity index (χ4v) is 2.11. The largest absolute Gasteiger partial charge is 0.341 e. The SMILES string of the molecule is CC(=O)NC1C(=O)c2nonc2C(=O)C1=Nc1ccccc1. The number of Topliss-reactive ketones (excluding diaryl/α,β-unsaturated/α-hetero) is 2. The summed E-state index contributed by atoms with van der Waals surface area (Å²) < 4.78 is 4.45. The Bertz CT molecular complexity index is 794. The van der Waals surface area contributed by atoms with Crippen molar-refractivity contribution in [2.75, 3.05) is 0 Å². The topological polar surface area (TPSA) is 115 Å². The summed E-state index contributed by atoms with van der Waals surface area (Å²) in [6.45, 7) is 1.24. The van der Waals surface area contributed by atoms with Crippen molar-refractivity contribution in [3.8, 4) is 0 Å². The highest BCUT2D eigenvalue weighted by molar-refractivity contribution is 6.55. The zero-order valence-electron chi connectivity index (χ0n) is 11.4. The summed E-state index contributed by atoms with van der Waals surface area (Å²) in [7, 11) is 0. The van der Waals surface area contributed by atoms with Crippen LogP contribution in [0.3, 0.4) is 0 Å². The number of hydrogen-bond acceptors (Lipinski definition) is 7. The smallest absolute Gasteiger partial charge is 0.234 e. The maximum Gasteiger partial charge on any atom is 0.234 e. The highest BCUT2D eigenvalue weighted by Gasteiger charge is 2.43. The molecule has 110 valence electrons. The Hall–Kier alpha value is -3.16. The Morgan fingerprint density at radius 2 is 1.86 bits per heavy atom. The van der Waals surface area contributed by atoms with E-state index in [4.69, 9.17) is 0 Å². The summed E-state index contributed by atoms with van der Waals surface area (Å²) in [4.78, 5) is 40.3. The van der Waals surface area contributed by atoms with Crippen LogP contribution in [0.1, 0.15) is 27.9 Å². The highest BCUT2D eigenvalue weighted by Crippen LogP contribution is 2.20. The van der Waals surface area contributed by atoms with Gasteiger partial charge in [0.15, 0.2) is 11.4 Å². The Labute approximate surface area is 124 Å². The number of rotatable bonds is 2. The summed E-state index contributed by atoms with van der Waals surface area (Å²) in [5.74, 6) is -1.65. The lowest BCUT2D eigenvalue weighted by molar-refractivity contribution is -0.119. The molecule has 1 unspecified atom stereocenters. The van der Waals surface area contributed by atoms with Crippen LogP contribution in [0.15, 0.2) is 40.0 Å². The first-order chi connectivity index (χ1) is 10.6. The van der Waals surface area contributed by atoms with Crippen LogP contribution in [0, 0.1) is 0 Å². The summed E-state index contributed by atoms with van der Waals surface area (Å²) in [6.07, 6.45) is 0. The molecular weight excluding hydrogens is 288 g/mol. The standard InChI is InChI=1S/C14H10N4O4/c1-7(19)15-9-10(16-8-5-3-2-4-6-8)14(21)12-11(13(9)20)17-22-18-12/h2-6,9H,1H3,(H,15,19). The Kier molecular flexibility index (Phi) is 3.34. The van der Waals surface area contributed by atoms with Gasteiger partial charge >= 0.3 is 0 Å². The monoisotopic (exact) mass is 298 g/mol. The minimum Gasteiger partial charge on any atom is -0.341 e. The minimum atomic E-state index is -1.20. The molecule has 22 heavy (non-hydrogen) atoms. The molecule has 1 N–H and O–H groups in total. The molecule has 3 rings (SSSR count). The van der Waals surface area contributed by atoms with E-state index in [0.29, 0.717) is 5.69 Å². The molecule has 0 aliphatic heterocycles. The molecule has 8 heteroatoms. The quantitative estimate of drug-likeness (QED) is 0.873. The number of nitrogens with zero attached hydrogens (tertiary/aromatic N) is 3. The summed E-state index contributed by atoms with van der Waals surface area (Å²) >= 11 is 0. The van der Waals surface area contributed by atoms with E-state index in [9.17, 15) is 14.4 Å². The fraction of sp³-hybridized carbons (Fsp3) is 0.143. The highest BCUT2D eigenvalue weighted by atomic mass is 16.6. The summed E-state index contributed by atoms with van der Waals surface area (Å²) in [5, 5.41) is 9.28. The number of nitrogens with one attached hydrogen (secondary N) is 1. The number of amides is 1. The number of fused-ring (bicyclic) bond motifs is 1. The zero-order chi connectivity index (χ0) is 15.7. The van der Waals surface area contributed by atoms with Crippen LogP contribution in [-0.4, -0.2) is 39.5 Å². The Balaban J connectivity index is 2.12. The normalized spacial score (nSPS) is 19.1. The van der Waals surface area contributed by atoms with Crippen LogP contribution in [0.2, 0.25) is 0 Å². The van der Waals surface area contributed by atoms with Gasteiger partial charge in [-0.05, 0) is 22.4 Å². The third-order valence-electron chi connectivity index (χ3n) is 3.06. The van der Waals surface area contributed by atoms with E-state index in [-0.39, 0.29) is 17.1 Å². The molecule has 0 saturated heterocycles. The number of hydrogen-bond donors (Lipinski definition) is 1. The van der Waals surface area contributed by atoms with Gasteiger partial charge < -0.3 is 5.32 Å². The van der Waals surface area contributed by atoms with Crippen LogP contribution < -0.4 is 5.32 Å². The number of benzene rings is 1. The van der Waals surface area contributed by atoms with Gasteiger partial charge in [0.1, 0.15) is 11.8 Å². The molecule has 1 amide bonds. The first-order valence-electron chi connectivity index (χ1n) is 6.40. The van der Waals surface area contributed by atoms with E-state index in [2.05, 4.69) is 25.3 Å². The molecule has 2 aromatic rings. The van der Waals surface area contributed by atoms with Crippen molar-refractivity contribution in [3.63, 3.8) is 0 Å². The first-order valence-corrected chi connectivity index (χ1v) is 6.40. The predicted molar refractivity (Wildman–Crippen MR) is 74.1 cm³/mol. The average Bonchev–Trinajstić information content (AvgIpc) is 2.99. The van der Waals surface area contributed by atoms with Gasteiger partial charge in [0.25, 0.3) is 0 Å². The maximum atomic E-state index is 12.4. The van der Waals surface area contributed by atoms with Crippen molar-refractivity contribution in [2.45, 2.75) is 13.0 Å². The second-order valence-electron chi connectivity index (χ2n) is 4.62. The number of para-hydroxylation sites is 1. The van der Waals surface area contributed by atoms with E-state index in [1.807, 2.05) is 0 Å². The average molecular weight is 298 g/mol.